The molecule has 0 spiro atoms. The molecule has 1 aromatic heterocycles. The average Bonchev–Trinajstić information content (AvgIpc) is 2.63. The zero-order chi connectivity index (χ0) is 10.8. The number of nitrogens with one attached hydrogen (secondary N) is 1. The van der Waals surface area contributed by atoms with Crippen LogP contribution in [0.4, 0.5) is 0 Å². The lowest BCUT2D eigenvalue weighted by atomic mass is 10.2. The Morgan fingerprint density at radius 3 is 3.13 bits per heavy atom. The van der Waals surface area contributed by atoms with Crippen LogP contribution in [-0.4, -0.2) is 41.6 Å². The molecule has 5 heteroatoms. The molecular formula is C10H15N3O2. The van der Waals surface area contributed by atoms with E-state index in [4.69, 9.17) is 4.52 Å². The topological polar surface area (TPSA) is 58.4 Å². The van der Waals surface area contributed by atoms with Gasteiger partial charge in [0.1, 0.15) is 0 Å². The van der Waals surface area contributed by atoms with Crippen LogP contribution in [0.15, 0.2) is 10.7 Å². The minimum atomic E-state index is -0.0571. The standard InChI is InChI=1S/C10H15N3O2/c1-7-5-12-15-9(7)10(14)13-4-3-11-8(2)6-13/h5,8,11H,3-4,6H2,1-2H3/t8-/m1/s1. The first-order chi connectivity index (χ1) is 7.18. The third-order valence-electron chi connectivity index (χ3n) is 2.60. The second kappa shape index (κ2) is 4.02. The Kier molecular flexibility index (Phi) is 2.73. The predicted octanol–water partition coefficient (Wildman–Crippen LogP) is 0.417. The van der Waals surface area contributed by atoms with E-state index in [2.05, 4.69) is 17.4 Å². The number of aryl methyl sites for hydroxylation is 1. The third-order valence-corrected chi connectivity index (χ3v) is 2.60. The number of hydrogen-bond acceptors (Lipinski definition) is 4. The van der Waals surface area contributed by atoms with Gasteiger partial charge in [-0.15, -0.1) is 0 Å². The molecule has 0 aromatic carbocycles. The molecule has 1 N–H and O–H groups in total. The number of carbonyl (C=O) groups is 1. The molecule has 2 heterocycles. The van der Waals surface area contributed by atoms with Gasteiger partial charge in [0.25, 0.3) is 5.91 Å². The fraction of sp³-hybridized carbons (Fsp3) is 0.600. The van der Waals surface area contributed by atoms with Gasteiger partial charge in [-0.3, -0.25) is 4.79 Å². The summed E-state index contributed by atoms with van der Waals surface area (Å²) in [5.74, 6) is 0.308. The van der Waals surface area contributed by atoms with E-state index in [1.807, 2.05) is 6.92 Å². The van der Waals surface area contributed by atoms with Gasteiger partial charge in [0.05, 0.1) is 6.20 Å². The largest absolute Gasteiger partial charge is 0.351 e. The number of carbonyl (C=O) groups excluding carboxylic acids is 1. The number of nitrogens with zero attached hydrogens (tertiary/aromatic N) is 2. The van der Waals surface area contributed by atoms with Gasteiger partial charge >= 0.3 is 0 Å². The van der Waals surface area contributed by atoms with E-state index < -0.39 is 0 Å². The number of rotatable bonds is 1. The molecule has 1 amide bonds. The van der Waals surface area contributed by atoms with Gasteiger partial charge in [-0.25, -0.2) is 0 Å². The third kappa shape index (κ3) is 2.02. The molecule has 0 radical (unpaired) electrons. The minimum absolute atomic E-state index is 0.0571. The average molecular weight is 209 g/mol. The maximum atomic E-state index is 12.0. The molecular weight excluding hydrogens is 194 g/mol. The predicted molar refractivity (Wildman–Crippen MR) is 54.6 cm³/mol. The van der Waals surface area contributed by atoms with Gasteiger partial charge in [-0.05, 0) is 13.8 Å². The summed E-state index contributed by atoms with van der Waals surface area (Å²) in [5.41, 5.74) is 0.797. The molecule has 0 unspecified atom stereocenters. The lowest BCUT2D eigenvalue weighted by Crippen LogP contribution is -2.51. The van der Waals surface area contributed by atoms with Gasteiger partial charge in [0.15, 0.2) is 0 Å². The highest BCUT2D eigenvalue weighted by Crippen LogP contribution is 2.11. The summed E-state index contributed by atoms with van der Waals surface area (Å²) in [7, 11) is 0. The maximum absolute atomic E-state index is 12.0. The summed E-state index contributed by atoms with van der Waals surface area (Å²) in [5, 5.41) is 6.91. The van der Waals surface area contributed by atoms with Crippen molar-refractivity contribution in [3.63, 3.8) is 0 Å². The fourth-order valence-corrected chi connectivity index (χ4v) is 1.76. The van der Waals surface area contributed by atoms with E-state index in [1.54, 1.807) is 11.1 Å². The van der Waals surface area contributed by atoms with Crippen LogP contribution in [0.3, 0.4) is 0 Å². The van der Waals surface area contributed by atoms with Gasteiger partial charge in [-0.2, -0.15) is 0 Å². The molecule has 1 aromatic rings. The Balaban J connectivity index is 2.11. The summed E-state index contributed by atoms with van der Waals surface area (Å²) >= 11 is 0. The van der Waals surface area contributed by atoms with Crippen LogP contribution in [0.25, 0.3) is 0 Å². The SMILES string of the molecule is Cc1cnoc1C(=O)N1CCN[C@H](C)C1. The van der Waals surface area contributed by atoms with Crippen LogP contribution in [0.2, 0.25) is 0 Å². The van der Waals surface area contributed by atoms with Gasteiger partial charge in [-0.1, -0.05) is 5.16 Å². The summed E-state index contributed by atoms with van der Waals surface area (Å²) in [4.78, 5) is 13.8. The first kappa shape index (κ1) is 10.2. The quantitative estimate of drug-likeness (QED) is 0.728. The summed E-state index contributed by atoms with van der Waals surface area (Å²) in [6, 6.07) is 0.339. The van der Waals surface area contributed by atoms with Crippen LogP contribution in [0, 0.1) is 6.92 Å². The highest BCUT2D eigenvalue weighted by atomic mass is 16.5. The summed E-state index contributed by atoms with van der Waals surface area (Å²) in [6.45, 7) is 6.17. The van der Waals surface area contributed by atoms with E-state index in [1.165, 1.54) is 0 Å². The van der Waals surface area contributed by atoms with Crippen LogP contribution < -0.4 is 5.32 Å². The van der Waals surface area contributed by atoms with Crippen LogP contribution >= 0.6 is 0 Å². The highest BCUT2D eigenvalue weighted by Gasteiger charge is 2.25. The van der Waals surface area contributed by atoms with E-state index in [9.17, 15) is 4.79 Å². The molecule has 1 saturated heterocycles. The minimum Gasteiger partial charge on any atom is -0.351 e. The van der Waals surface area contributed by atoms with Crippen LogP contribution in [-0.2, 0) is 0 Å². The Morgan fingerprint density at radius 1 is 1.73 bits per heavy atom. The maximum Gasteiger partial charge on any atom is 0.292 e. The normalized spacial score (nSPS) is 21.7. The van der Waals surface area contributed by atoms with Crippen LogP contribution in [0.1, 0.15) is 23.0 Å². The van der Waals surface area contributed by atoms with E-state index in [0.29, 0.717) is 11.8 Å². The second-order valence-electron chi connectivity index (χ2n) is 3.94. The van der Waals surface area contributed by atoms with Crippen molar-refractivity contribution < 1.29 is 9.32 Å². The van der Waals surface area contributed by atoms with Gasteiger partial charge < -0.3 is 14.7 Å². The molecule has 1 aliphatic heterocycles. The van der Waals surface area contributed by atoms with Gasteiger partial charge in [0.2, 0.25) is 5.76 Å². The lowest BCUT2D eigenvalue weighted by molar-refractivity contribution is 0.0666. The zero-order valence-electron chi connectivity index (χ0n) is 8.99. The van der Waals surface area contributed by atoms with Crippen molar-refractivity contribution in [3.05, 3.63) is 17.5 Å². The zero-order valence-corrected chi connectivity index (χ0v) is 8.99. The number of aromatic nitrogens is 1. The van der Waals surface area contributed by atoms with E-state index in [0.717, 1.165) is 25.2 Å². The highest BCUT2D eigenvalue weighted by molar-refractivity contribution is 5.92. The van der Waals surface area contributed by atoms with Crippen molar-refractivity contribution in [2.75, 3.05) is 19.6 Å². The molecule has 0 aliphatic carbocycles. The number of piperazine rings is 1. The van der Waals surface area contributed by atoms with Crippen molar-refractivity contribution in [2.24, 2.45) is 0 Å². The Bertz CT molecular complexity index is 361. The Hall–Kier alpha value is -1.36. The monoisotopic (exact) mass is 209 g/mol. The van der Waals surface area contributed by atoms with Crippen molar-refractivity contribution in [2.45, 2.75) is 19.9 Å². The summed E-state index contributed by atoms with van der Waals surface area (Å²) < 4.78 is 4.95. The van der Waals surface area contributed by atoms with Crippen molar-refractivity contribution in [1.82, 2.24) is 15.4 Å². The molecule has 1 atom stereocenters. The van der Waals surface area contributed by atoms with Crippen molar-refractivity contribution in [3.8, 4) is 0 Å². The first-order valence-electron chi connectivity index (χ1n) is 5.12. The van der Waals surface area contributed by atoms with Crippen molar-refractivity contribution >= 4 is 5.91 Å². The molecule has 15 heavy (non-hydrogen) atoms. The molecule has 2 rings (SSSR count). The van der Waals surface area contributed by atoms with Crippen LogP contribution in [0.5, 0.6) is 0 Å². The number of hydrogen-bond donors (Lipinski definition) is 1. The lowest BCUT2D eigenvalue weighted by Gasteiger charge is -2.31. The molecule has 82 valence electrons. The molecule has 0 bridgehead atoms. The second-order valence-corrected chi connectivity index (χ2v) is 3.94. The molecule has 0 saturated carbocycles. The van der Waals surface area contributed by atoms with Crippen molar-refractivity contribution in [1.29, 1.82) is 0 Å². The number of amides is 1. The molecule has 1 aliphatic rings. The van der Waals surface area contributed by atoms with E-state index in [-0.39, 0.29) is 5.91 Å². The molecule has 1 fully saturated rings. The molecule has 5 nitrogen and oxygen atoms in total. The smallest absolute Gasteiger partial charge is 0.292 e. The Morgan fingerprint density at radius 2 is 2.53 bits per heavy atom. The Labute approximate surface area is 88.4 Å². The van der Waals surface area contributed by atoms with Gasteiger partial charge in [0, 0.05) is 31.2 Å². The summed E-state index contributed by atoms with van der Waals surface area (Å²) in [6.07, 6.45) is 1.57. The van der Waals surface area contributed by atoms with E-state index >= 15 is 0 Å². The first-order valence-corrected chi connectivity index (χ1v) is 5.12. The fourth-order valence-electron chi connectivity index (χ4n) is 1.76.